The van der Waals surface area contributed by atoms with Gasteiger partial charge in [0.15, 0.2) is 5.78 Å². The fraction of sp³-hybridized carbons (Fsp3) is 0.579. The molecule has 0 aliphatic carbocycles. The molecular weight excluding hydrogens is 290 g/mol. The quantitative estimate of drug-likeness (QED) is 0.483. The molecule has 126 valence electrons. The summed E-state index contributed by atoms with van der Waals surface area (Å²) >= 11 is 0. The van der Waals surface area contributed by atoms with Gasteiger partial charge < -0.3 is 10.1 Å². The van der Waals surface area contributed by atoms with Crippen molar-refractivity contribution in [2.75, 3.05) is 12.4 Å². The number of esters is 1. The molecule has 0 aromatic heterocycles. The van der Waals surface area contributed by atoms with Gasteiger partial charge in [0.05, 0.1) is 7.11 Å². The molecule has 1 aliphatic heterocycles. The van der Waals surface area contributed by atoms with Crippen molar-refractivity contribution in [2.24, 2.45) is 0 Å². The molecule has 0 unspecified atom stereocenters. The van der Waals surface area contributed by atoms with Crippen LogP contribution in [0.2, 0.25) is 0 Å². The average Bonchev–Trinajstić information content (AvgIpc) is 2.49. The van der Waals surface area contributed by atoms with Gasteiger partial charge in [0, 0.05) is 29.6 Å². The van der Waals surface area contributed by atoms with Gasteiger partial charge in [0.25, 0.3) is 0 Å². The van der Waals surface area contributed by atoms with Crippen LogP contribution in [0.3, 0.4) is 0 Å². The van der Waals surface area contributed by atoms with E-state index in [1.54, 1.807) is 0 Å². The second-order valence-corrected chi connectivity index (χ2v) is 7.09. The van der Waals surface area contributed by atoms with Crippen molar-refractivity contribution >= 4 is 17.4 Å². The minimum absolute atomic E-state index is 0.00627. The number of carbonyl (C=O) groups is 2. The predicted octanol–water partition coefficient (Wildman–Crippen LogP) is 4.30. The zero-order valence-corrected chi connectivity index (χ0v) is 14.6. The number of anilines is 1. The Hall–Kier alpha value is -1.84. The first-order valence-electron chi connectivity index (χ1n) is 8.35. The summed E-state index contributed by atoms with van der Waals surface area (Å²) in [5.74, 6) is 0.365. The van der Waals surface area contributed by atoms with E-state index in [0.717, 1.165) is 17.7 Å². The number of para-hydroxylation sites is 1. The summed E-state index contributed by atoms with van der Waals surface area (Å²) in [4.78, 5) is 23.7. The maximum absolute atomic E-state index is 12.6. The number of fused-ring (bicyclic) bond motifs is 1. The molecule has 0 spiro atoms. The van der Waals surface area contributed by atoms with Gasteiger partial charge in [-0.1, -0.05) is 19.1 Å². The number of rotatable bonds is 6. The summed E-state index contributed by atoms with van der Waals surface area (Å²) in [5.41, 5.74) is 2.99. The third-order valence-electron chi connectivity index (χ3n) is 4.47. The van der Waals surface area contributed by atoms with Gasteiger partial charge in [-0.2, -0.15) is 0 Å². The summed E-state index contributed by atoms with van der Waals surface area (Å²) in [6.07, 6.45) is 3.28. The standard InChI is InChI=1S/C19H27NO3/c1-13-12-19(2,3)20-18-14(13)8-7-9-15(18)16(21)10-5-6-11-17(22)23-4/h7-9,13,20H,5-6,10-12H2,1-4H3/t13-/m1/s1. The third-order valence-corrected chi connectivity index (χ3v) is 4.47. The van der Waals surface area contributed by atoms with Crippen LogP contribution in [0.15, 0.2) is 18.2 Å². The normalized spacial score (nSPS) is 18.7. The van der Waals surface area contributed by atoms with Crippen LogP contribution in [0.1, 0.15) is 74.7 Å². The van der Waals surface area contributed by atoms with Gasteiger partial charge in [-0.05, 0) is 50.7 Å². The Labute approximate surface area is 138 Å². The van der Waals surface area contributed by atoms with Gasteiger partial charge in [0.2, 0.25) is 0 Å². The van der Waals surface area contributed by atoms with Crippen molar-refractivity contribution in [3.63, 3.8) is 0 Å². The smallest absolute Gasteiger partial charge is 0.305 e. The number of ketones is 1. The lowest BCUT2D eigenvalue weighted by Crippen LogP contribution is -2.37. The first-order chi connectivity index (χ1) is 10.8. The Morgan fingerprint density at radius 3 is 2.65 bits per heavy atom. The zero-order valence-electron chi connectivity index (χ0n) is 14.6. The second kappa shape index (κ2) is 7.16. The van der Waals surface area contributed by atoms with E-state index in [-0.39, 0.29) is 17.3 Å². The maximum Gasteiger partial charge on any atom is 0.305 e. The zero-order chi connectivity index (χ0) is 17.0. The fourth-order valence-electron chi connectivity index (χ4n) is 3.41. The van der Waals surface area contributed by atoms with Crippen LogP contribution >= 0.6 is 0 Å². The summed E-state index contributed by atoms with van der Waals surface area (Å²) in [7, 11) is 1.39. The Bertz CT molecular complexity index is 592. The minimum Gasteiger partial charge on any atom is -0.469 e. The molecule has 0 fully saturated rings. The molecule has 1 aromatic carbocycles. The molecule has 23 heavy (non-hydrogen) atoms. The van der Waals surface area contributed by atoms with Crippen molar-refractivity contribution in [3.05, 3.63) is 29.3 Å². The lowest BCUT2D eigenvalue weighted by Gasteiger charge is -2.38. The largest absolute Gasteiger partial charge is 0.469 e. The third kappa shape index (κ3) is 4.34. The van der Waals surface area contributed by atoms with Gasteiger partial charge >= 0.3 is 5.97 Å². The topological polar surface area (TPSA) is 55.4 Å². The van der Waals surface area contributed by atoms with E-state index in [1.807, 2.05) is 12.1 Å². The number of nitrogens with one attached hydrogen (secondary N) is 1. The molecule has 0 saturated heterocycles. The molecule has 2 rings (SSSR count). The summed E-state index contributed by atoms with van der Waals surface area (Å²) in [5, 5.41) is 3.54. The van der Waals surface area contributed by atoms with Crippen molar-refractivity contribution in [2.45, 2.75) is 64.3 Å². The van der Waals surface area contributed by atoms with Crippen LogP contribution in [0, 0.1) is 0 Å². The average molecular weight is 317 g/mol. The molecule has 1 atom stereocenters. The first kappa shape index (κ1) is 17.5. The number of benzene rings is 1. The van der Waals surface area contributed by atoms with Crippen LogP contribution in [0.5, 0.6) is 0 Å². The maximum atomic E-state index is 12.6. The molecule has 0 bridgehead atoms. The molecule has 4 nitrogen and oxygen atoms in total. The number of Topliss-reactive ketones (excluding diaryl/α,β-unsaturated/α-hetero) is 1. The Kier molecular flexibility index (Phi) is 5.45. The molecule has 0 saturated carbocycles. The summed E-state index contributed by atoms with van der Waals surface area (Å²) < 4.78 is 4.62. The van der Waals surface area contributed by atoms with Crippen LogP contribution in [0.25, 0.3) is 0 Å². The number of hydrogen-bond acceptors (Lipinski definition) is 4. The van der Waals surface area contributed by atoms with E-state index in [0.29, 0.717) is 31.6 Å². The van der Waals surface area contributed by atoms with Crippen LogP contribution in [0.4, 0.5) is 5.69 Å². The van der Waals surface area contributed by atoms with Crippen LogP contribution < -0.4 is 5.32 Å². The first-order valence-corrected chi connectivity index (χ1v) is 8.35. The Morgan fingerprint density at radius 1 is 1.26 bits per heavy atom. The van der Waals surface area contributed by atoms with Crippen molar-refractivity contribution in [1.29, 1.82) is 0 Å². The van der Waals surface area contributed by atoms with E-state index in [1.165, 1.54) is 12.7 Å². The van der Waals surface area contributed by atoms with E-state index in [9.17, 15) is 9.59 Å². The summed E-state index contributed by atoms with van der Waals surface area (Å²) in [6.45, 7) is 6.56. The molecule has 1 aromatic rings. The second-order valence-electron chi connectivity index (χ2n) is 7.09. The van der Waals surface area contributed by atoms with Crippen LogP contribution in [-0.4, -0.2) is 24.4 Å². The molecule has 1 N–H and O–H groups in total. The number of ether oxygens (including phenoxy) is 1. The predicted molar refractivity (Wildman–Crippen MR) is 92.0 cm³/mol. The number of unbranched alkanes of at least 4 members (excludes halogenated alkanes) is 1. The fourth-order valence-corrected chi connectivity index (χ4v) is 3.41. The van der Waals surface area contributed by atoms with Crippen molar-refractivity contribution < 1.29 is 14.3 Å². The monoisotopic (exact) mass is 317 g/mol. The highest BCUT2D eigenvalue weighted by atomic mass is 16.5. The Morgan fingerprint density at radius 2 is 1.96 bits per heavy atom. The molecule has 0 amide bonds. The molecular formula is C19H27NO3. The Balaban J connectivity index is 2.07. The summed E-state index contributed by atoms with van der Waals surface area (Å²) in [6, 6.07) is 5.98. The van der Waals surface area contributed by atoms with Gasteiger partial charge in [-0.3, -0.25) is 9.59 Å². The number of methoxy groups -OCH3 is 1. The van der Waals surface area contributed by atoms with Crippen molar-refractivity contribution in [3.8, 4) is 0 Å². The van der Waals surface area contributed by atoms with Crippen LogP contribution in [-0.2, 0) is 9.53 Å². The molecule has 0 radical (unpaired) electrons. The van der Waals surface area contributed by atoms with E-state index in [4.69, 9.17) is 0 Å². The highest BCUT2D eigenvalue weighted by Crippen LogP contribution is 2.40. The molecule has 1 heterocycles. The highest BCUT2D eigenvalue weighted by molar-refractivity contribution is 6.02. The molecule has 4 heteroatoms. The van der Waals surface area contributed by atoms with Gasteiger partial charge in [0.1, 0.15) is 0 Å². The lowest BCUT2D eigenvalue weighted by molar-refractivity contribution is -0.140. The van der Waals surface area contributed by atoms with Gasteiger partial charge in [-0.25, -0.2) is 0 Å². The van der Waals surface area contributed by atoms with Gasteiger partial charge in [-0.15, -0.1) is 0 Å². The number of carbonyl (C=O) groups excluding carboxylic acids is 2. The SMILES string of the molecule is COC(=O)CCCCC(=O)c1cccc2c1NC(C)(C)C[C@H]2C. The van der Waals surface area contributed by atoms with E-state index >= 15 is 0 Å². The van der Waals surface area contributed by atoms with E-state index < -0.39 is 0 Å². The lowest BCUT2D eigenvalue weighted by atomic mass is 9.80. The van der Waals surface area contributed by atoms with E-state index in [2.05, 4.69) is 36.9 Å². The van der Waals surface area contributed by atoms with Crippen molar-refractivity contribution in [1.82, 2.24) is 0 Å². The molecule has 1 aliphatic rings. The number of hydrogen-bond donors (Lipinski definition) is 1. The minimum atomic E-state index is -0.216. The highest BCUT2D eigenvalue weighted by Gasteiger charge is 2.31.